The fourth-order valence-corrected chi connectivity index (χ4v) is 2.43. The Morgan fingerprint density at radius 2 is 1.77 bits per heavy atom. The summed E-state index contributed by atoms with van der Waals surface area (Å²) in [6, 6.07) is 21.0. The van der Waals surface area contributed by atoms with Gasteiger partial charge in [-0.3, -0.25) is 0 Å². The average Bonchev–Trinajstić information content (AvgIpc) is 2.69. The zero-order chi connectivity index (χ0) is 18.4. The van der Waals surface area contributed by atoms with Crippen LogP contribution in [-0.4, -0.2) is 18.0 Å². The lowest BCUT2D eigenvalue weighted by Crippen LogP contribution is -2.22. The number of hydrogen-bond donors (Lipinski definition) is 3. The summed E-state index contributed by atoms with van der Waals surface area (Å²) < 4.78 is 0. The van der Waals surface area contributed by atoms with E-state index in [1.807, 2.05) is 43.4 Å². The maximum Gasteiger partial charge on any atom is 0.199 e. The highest BCUT2D eigenvalue weighted by atomic mass is 15.1. The van der Waals surface area contributed by atoms with E-state index in [1.165, 1.54) is 0 Å². The number of nitrogens with zero attached hydrogens (tertiary/aromatic N) is 3. The number of hydrogen-bond acceptors (Lipinski definition) is 4. The van der Waals surface area contributed by atoms with E-state index in [0.29, 0.717) is 17.1 Å². The van der Waals surface area contributed by atoms with Crippen LogP contribution in [0.15, 0.2) is 71.9 Å². The summed E-state index contributed by atoms with van der Waals surface area (Å²) in [5, 5.41) is 15.1. The van der Waals surface area contributed by atoms with Crippen LogP contribution < -0.4 is 16.4 Å². The van der Waals surface area contributed by atoms with E-state index in [0.717, 1.165) is 16.8 Å². The molecule has 0 saturated heterocycles. The first-order chi connectivity index (χ1) is 12.7. The van der Waals surface area contributed by atoms with Crippen LogP contribution >= 0.6 is 0 Å². The second-order valence-electron chi connectivity index (χ2n) is 5.51. The van der Waals surface area contributed by atoms with Crippen molar-refractivity contribution in [3.63, 3.8) is 0 Å². The van der Waals surface area contributed by atoms with Gasteiger partial charge in [-0.2, -0.15) is 10.3 Å². The van der Waals surface area contributed by atoms with Crippen molar-refractivity contribution < 1.29 is 0 Å². The van der Waals surface area contributed by atoms with Gasteiger partial charge in [0.15, 0.2) is 11.8 Å². The number of aliphatic imine (C=N–C) groups is 1. The van der Waals surface area contributed by atoms with Crippen LogP contribution in [0.3, 0.4) is 0 Å². The Bertz CT molecular complexity index is 953. The molecule has 0 fully saturated rings. The minimum absolute atomic E-state index is 0.173. The van der Waals surface area contributed by atoms with E-state index >= 15 is 0 Å². The molecule has 1 aromatic heterocycles. The Hall–Kier alpha value is -3.85. The largest absolute Gasteiger partial charge is 0.388 e. The molecule has 0 bridgehead atoms. The lowest BCUT2D eigenvalue weighted by molar-refractivity contribution is 1.26. The Balaban J connectivity index is 1.75. The van der Waals surface area contributed by atoms with Gasteiger partial charge >= 0.3 is 0 Å². The number of pyridine rings is 1. The van der Waals surface area contributed by atoms with E-state index in [-0.39, 0.29) is 5.96 Å². The topological polar surface area (TPSA) is 99.1 Å². The van der Waals surface area contributed by atoms with Crippen LogP contribution in [0.2, 0.25) is 0 Å². The summed E-state index contributed by atoms with van der Waals surface area (Å²) in [7, 11) is 1.89. The highest BCUT2D eigenvalue weighted by molar-refractivity contribution is 5.94. The summed E-state index contributed by atoms with van der Waals surface area (Å²) in [5.41, 5.74) is 10.2. The third-order valence-corrected chi connectivity index (χ3v) is 3.80. The standard InChI is InChI=1S/C20H18N6/c1-23-17-9-6-14(7-10-17)16-8-11-19(24-13-16)26-20(22)25-18-5-3-2-4-15(18)12-21/h2-11,13,23H,1H3,(H3,22,24,25,26). The Labute approximate surface area is 152 Å². The molecule has 0 unspecified atom stereocenters. The van der Waals surface area contributed by atoms with Gasteiger partial charge in [-0.15, -0.1) is 0 Å². The number of nitrogens with one attached hydrogen (secondary N) is 2. The van der Waals surface area contributed by atoms with Crippen molar-refractivity contribution in [1.29, 1.82) is 5.26 Å². The van der Waals surface area contributed by atoms with Crippen molar-refractivity contribution in [2.24, 2.45) is 10.7 Å². The second kappa shape index (κ2) is 7.81. The Kier molecular flexibility index (Phi) is 5.11. The number of anilines is 2. The van der Waals surface area contributed by atoms with Crippen LogP contribution in [0, 0.1) is 11.3 Å². The Morgan fingerprint density at radius 3 is 2.42 bits per heavy atom. The summed E-state index contributed by atoms with van der Waals surface area (Å²) >= 11 is 0. The first-order valence-corrected chi connectivity index (χ1v) is 8.04. The van der Waals surface area contributed by atoms with Crippen LogP contribution in [-0.2, 0) is 0 Å². The number of benzene rings is 2. The molecular weight excluding hydrogens is 324 g/mol. The molecule has 0 amide bonds. The van der Waals surface area contributed by atoms with E-state index in [1.54, 1.807) is 30.5 Å². The molecule has 0 aliphatic heterocycles. The number of guanidine groups is 1. The molecule has 3 rings (SSSR count). The smallest absolute Gasteiger partial charge is 0.199 e. The van der Waals surface area contributed by atoms with Gasteiger partial charge in [-0.25, -0.2) is 4.98 Å². The minimum Gasteiger partial charge on any atom is -0.388 e. The highest BCUT2D eigenvalue weighted by Gasteiger charge is 2.03. The zero-order valence-corrected chi connectivity index (χ0v) is 14.3. The predicted octanol–water partition coefficient (Wildman–Crippen LogP) is 3.72. The molecule has 6 nitrogen and oxygen atoms in total. The van der Waals surface area contributed by atoms with E-state index in [4.69, 9.17) is 11.0 Å². The minimum atomic E-state index is 0.173. The molecule has 0 aliphatic carbocycles. The van der Waals surface area contributed by atoms with Crippen LogP contribution in [0.25, 0.3) is 11.1 Å². The molecule has 0 saturated carbocycles. The molecule has 2 aromatic carbocycles. The second-order valence-corrected chi connectivity index (χ2v) is 5.51. The quantitative estimate of drug-likeness (QED) is 0.496. The lowest BCUT2D eigenvalue weighted by atomic mass is 10.1. The summed E-state index contributed by atoms with van der Waals surface area (Å²) in [5.74, 6) is 0.659. The van der Waals surface area contributed by atoms with Gasteiger partial charge in [0.05, 0.1) is 11.3 Å². The van der Waals surface area contributed by atoms with Crippen LogP contribution in [0.5, 0.6) is 0 Å². The number of para-hydroxylation sites is 1. The van der Waals surface area contributed by atoms with E-state index in [2.05, 4.69) is 26.7 Å². The molecule has 0 atom stereocenters. The van der Waals surface area contributed by atoms with Gasteiger partial charge in [0.25, 0.3) is 0 Å². The molecule has 3 aromatic rings. The van der Waals surface area contributed by atoms with Gasteiger partial charge in [0, 0.05) is 24.5 Å². The third-order valence-electron chi connectivity index (χ3n) is 3.80. The molecule has 4 N–H and O–H groups in total. The van der Waals surface area contributed by atoms with Gasteiger partial charge in [0.2, 0.25) is 0 Å². The van der Waals surface area contributed by atoms with Crippen molar-refractivity contribution >= 4 is 23.2 Å². The molecule has 6 heteroatoms. The van der Waals surface area contributed by atoms with Crippen molar-refractivity contribution in [1.82, 2.24) is 4.98 Å². The zero-order valence-electron chi connectivity index (χ0n) is 14.3. The molecule has 0 aliphatic rings. The van der Waals surface area contributed by atoms with E-state index < -0.39 is 0 Å². The first kappa shape index (κ1) is 17.0. The van der Waals surface area contributed by atoms with Crippen LogP contribution in [0.4, 0.5) is 17.2 Å². The fraction of sp³-hybridized carbons (Fsp3) is 0.0500. The van der Waals surface area contributed by atoms with Gasteiger partial charge in [-0.05, 0) is 42.0 Å². The van der Waals surface area contributed by atoms with Gasteiger partial charge < -0.3 is 16.4 Å². The molecule has 0 spiro atoms. The maximum absolute atomic E-state index is 9.11. The molecule has 128 valence electrons. The number of nitrogens with two attached hydrogens (primary N) is 1. The monoisotopic (exact) mass is 342 g/mol. The average molecular weight is 342 g/mol. The summed E-state index contributed by atoms with van der Waals surface area (Å²) in [6.45, 7) is 0. The van der Waals surface area contributed by atoms with Crippen molar-refractivity contribution in [2.75, 3.05) is 17.7 Å². The SMILES string of the molecule is CNc1ccc(-c2ccc(N=C(N)Nc3ccccc3C#N)nc2)cc1. The van der Waals surface area contributed by atoms with Gasteiger partial charge in [0.1, 0.15) is 6.07 Å². The predicted molar refractivity (Wildman–Crippen MR) is 105 cm³/mol. The molecule has 26 heavy (non-hydrogen) atoms. The summed E-state index contributed by atoms with van der Waals surface area (Å²) in [6.07, 6.45) is 1.75. The third kappa shape index (κ3) is 3.97. The maximum atomic E-state index is 9.11. The van der Waals surface area contributed by atoms with Gasteiger partial charge in [-0.1, -0.05) is 24.3 Å². The normalized spacial score (nSPS) is 10.8. The van der Waals surface area contributed by atoms with Crippen molar-refractivity contribution in [2.45, 2.75) is 0 Å². The molecule has 1 heterocycles. The summed E-state index contributed by atoms with van der Waals surface area (Å²) in [4.78, 5) is 8.58. The number of aromatic nitrogens is 1. The fourth-order valence-electron chi connectivity index (χ4n) is 2.43. The van der Waals surface area contributed by atoms with Crippen molar-refractivity contribution in [3.05, 3.63) is 72.4 Å². The molecule has 0 radical (unpaired) electrons. The highest BCUT2D eigenvalue weighted by Crippen LogP contribution is 2.22. The molecular formula is C20H18N6. The van der Waals surface area contributed by atoms with E-state index in [9.17, 15) is 0 Å². The van der Waals surface area contributed by atoms with Crippen LogP contribution in [0.1, 0.15) is 5.56 Å². The Morgan fingerprint density at radius 1 is 1.04 bits per heavy atom. The lowest BCUT2D eigenvalue weighted by Gasteiger charge is -2.07. The number of nitriles is 1. The number of rotatable bonds is 4. The first-order valence-electron chi connectivity index (χ1n) is 8.04. The van der Waals surface area contributed by atoms with Crippen molar-refractivity contribution in [3.8, 4) is 17.2 Å².